The van der Waals surface area contributed by atoms with Gasteiger partial charge in [0, 0.05) is 6.04 Å². The fourth-order valence-electron chi connectivity index (χ4n) is 3.44. The van der Waals surface area contributed by atoms with E-state index in [4.69, 9.17) is 16.3 Å². The van der Waals surface area contributed by atoms with Gasteiger partial charge in [0.05, 0.1) is 12.1 Å². The Morgan fingerprint density at radius 1 is 1.42 bits per heavy atom. The van der Waals surface area contributed by atoms with E-state index in [1.165, 1.54) is 24.8 Å². The molecule has 19 heavy (non-hydrogen) atoms. The average Bonchev–Trinajstić information content (AvgIpc) is 2.72. The zero-order valence-electron chi connectivity index (χ0n) is 12.3. The van der Waals surface area contributed by atoms with Gasteiger partial charge in [-0.25, -0.2) is 0 Å². The summed E-state index contributed by atoms with van der Waals surface area (Å²) in [6.07, 6.45) is 3.91. The minimum absolute atomic E-state index is 0.365. The number of ether oxygens (including phenoxy) is 1. The van der Waals surface area contributed by atoms with E-state index in [1.54, 1.807) is 7.11 Å². The summed E-state index contributed by atoms with van der Waals surface area (Å²) in [6, 6.07) is 6.48. The number of rotatable bonds is 4. The number of methoxy groups -OCH3 is 1. The zero-order valence-corrected chi connectivity index (χ0v) is 13.1. The smallest absolute Gasteiger partial charge is 0.137 e. The molecule has 0 saturated heterocycles. The summed E-state index contributed by atoms with van der Waals surface area (Å²) >= 11 is 6.11. The van der Waals surface area contributed by atoms with E-state index in [9.17, 15) is 0 Å². The van der Waals surface area contributed by atoms with Crippen molar-refractivity contribution < 1.29 is 4.74 Å². The second-order valence-corrected chi connectivity index (χ2v) is 6.55. The highest BCUT2D eigenvalue weighted by Crippen LogP contribution is 2.49. The van der Waals surface area contributed by atoms with Gasteiger partial charge in [-0.2, -0.15) is 0 Å². The van der Waals surface area contributed by atoms with Gasteiger partial charge in [-0.1, -0.05) is 37.9 Å². The molecule has 0 radical (unpaired) electrons. The van der Waals surface area contributed by atoms with E-state index < -0.39 is 0 Å². The van der Waals surface area contributed by atoms with Crippen molar-refractivity contribution in [2.45, 2.75) is 39.2 Å². The minimum atomic E-state index is 0.365. The Morgan fingerprint density at radius 3 is 2.68 bits per heavy atom. The summed E-state index contributed by atoms with van der Waals surface area (Å²) in [5.41, 5.74) is 1.66. The van der Waals surface area contributed by atoms with E-state index >= 15 is 0 Å². The Balaban J connectivity index is 2.32. The Kier molecular flexibility index (Phi) is 4.42. The maximum Gasteiger partial charge on any atom is 0.137 e. The lowest BCUT2D eigenvalue weighted by atomic mass is 9.75. The van der Waals surface area contributed by atoms with E-state index in [1.807, 2.05) is 13.1 Å². The maximum atomic E-state index is 6.11. The molecule has 1 aromatic carbocycles. The molecule has 3 heteroatoms. The molecule has 0 aromatic heterocycles. The first-order chi connectivity index (χ1) is 8.99. The van der Waals surface area contributed by atoms with Crippen molar-refractivity contribution in [3.8, 4) is 5.75 Å². The normalized spacial score (nSPS) is 23.3. The van der Waals surface area contributed by atoms with Gasteiger partial charge in [0.15, 0.2) is 0 Å². The van der Waals surface area contributed by atoms with E-state index in [2.05, 4.69) is 31.3 Å². The predicted molar refractivity (Wildman–Crippen MR) is 80.9 cm³/mol. The van der Waals surface area contributed by atoms with Crippen LogP contribution < -0.4 is 10.1 Å². The highest BCUT2D eigenvalue weighted by molar-refractivity contribution is 6.32. The summed E-state index contributed by atoms with van der Waals surface area (Å²) in [4.78, 5) is 0. The van der Waals surface area contributed by atoms with Gasteiger partial charge in [0.2, 0.25) is 0 Å². The largest absolute Gasteiger partial charge is 0.495 e. The molecule has 0 spiro atoms. The average molecular weight is 282 g/mol. The van der Waals surface area contributed by atoms with E-state index in [0.717, 1.165) is 5.75 Å². The van der Waals surface area contributed by atoms with Crippen LogP contribution in [0, 0.1) is 11.3 Å². The summed E-state index contributed by atoms with van der Waals surface area (Å²) in [5, 5.41) is 4.16. The van der Waals surface area contributed by atoms with Crippen LogP contribution in [-0.4, -0.2) is 14.2 Å². The Bertz CT molecular complexity index is 444. The summed E-state index contributed by atoms with van der Waals surface area (Å²) in [5.74, 6) is 1.42. The Morgan fingerprint density at radius 2 is 2.16 bits per heavy atom. The van der Waals surface area contributed by atoms with Crippen molar-refractivity contribution in [1.29, 1.82) is 0 Å². The van der Waals surface area contributed by atoms with Gasteiger partial charge in [-0.3, -0.25) is 0 Å². The SMILES string of the molecule is CNC(c1ccc(Cl)c(OC)c1)C1CCCC1(C)C. The second kappa shape index (κ2) is 5.72. The van der Waals surface area contributed by atoms with Crippen LogP contribution in [0.25, 0.3) is 0 Å². The lowest BCUT2D eigenvalue weighted by molar-refractivity contribution is 0.203. The molecule has 0 amide bonds. The van der Waals surface area contributed by atoms with Crippen LogP contribution in [-0.2, 0) is 0 Å². The molecule has 0 heterocycles. The quantitative estimate of drug-likeness (QED) is 0.881. The van der Waals surface area contributed by atoms with Crippen molar-refractivity contribution in [2.75, 3.05) is 14.2 Å². The first-order valence-corrected chi connectivity index (χ1v) is 7.38. The van der Waals surface area contributed by atoms with E-state index in [-0.39, 0.29) is 0 Å². The van der Waals surface area contributed by atoms with E-state index in [0.29, 0.717) is 22.4 Å². The van der Waals surface area contributed by atoms with Gasteiger partial charge in [0.1, 0.15) is 5.75 Å². The van der Waals surface area contributed by atoms with Gasteiger partial charge in [-0.05, 0) is 48.9 Å². The van der Waals surface area contributed by atoms with Crippen LogP contribution in [0.15, 0.2) is 18.2 Å². The minimum Gasteiger partial charge on any atom is -0.495 e. The van der Waals surface area contributed by atoms with Gasteiger partial charge in [-0.15, -0.1) is 0 Å². The number of hydrogen-bond donors (Lipinski definition) is 1. The molecular formula is C16H24ClNO. The number of hydrogen-bond acceptors (Lipinski definition) is 2. The fraction of sp³-hybridized carbons (Fsp3) is 0.625. The Hall–Kier alpha value is -0.730. The number of halogens is 1. The van der Waals surface area contributed by atoms with Crippen LogP contribution in [0.5, 0.6) is 5.75 Å². The lowest BCUT2D eigenvalue weighted by Crippen LogP contribution is -2.32. The van der Waals surface area contributed by atoms with Crippen LogP contribution in [0.3, 0.4) is 0 Å². The first-order valence-electron chi connectivity index (χ1n) is 7.00. The van der Waals surface area contributed by atoms with Crippen LogP contribution >= 0.6 is 11.6 Å². The summed E-state index contributed by atoms with van der Waals surface area (Å²) in [7, 11) is 3.71. The third-order valence-corrected chi connectivity index (χ3v) is 4.90. The first kappa shape index (κ1) is 14.7. The van der Waals surface area contributed by atoms with Crippen molar-refractivity contribution >= 4 is 11.6 Å². The summed E-state index contributed by atoms with van der Waals surface area (Å²) < 4.78 is 5.34. The molecule has 2 rings (SSSR count). The van der Waals surface area contributed by atoms with Gasteiger partial charge in [0.25, 0.3) is 0 Å². The predicted octanol–water partition coefficient (Wildman–Crippen LogP) is 4.44. The molecule has 2 unspecified atom stereocenters. The molecule has 1 aromatic rings. The molecule has 106 valence electrons. The highest BCUT2D eigenvalue weighted by Gasteiger charge is 2.39. The van der Waals surface area contributed by atoms with Gasteiger partial charge < -0.3 is 10.1 Å². The monoisotopic (exact) mass is 281 g/mol. The molecular weight excluding hydrogens is 258 g/mol. The summed E-state index contributed by atoms with van der Waals surface area (Å²) in [6.45, 7) is 4.75. The molecule has 1 aliphatic rings. The van der Waals surface area contributed by atoms with Crippen molar-refractivity contribution in [3.05, 3.63) is 28.8 Å². The number of nitrogens with one attached hydrogen (secondary N) is 1. The van der Waals surface area contributed by atoms with Crippen molar-refractivity contribution in [1.82, 2.24) is 5.32 Å². The molecule has 1 N–H and O–H groups in total. The van der Waals surface area contributed by atoms with Crippen LogP contribution in [0.2, 0.25) is 5.02 Å². The maximum absolute atomic E-state index is 6.11. The molecule has 2 atom stereocenters. The third-order valence-electron chi connectivity index (χ3n) is 4.59. The second-order valence-electron chi connectivity index (χ2n) is 6.15. The molecule has 1 saturated carbocycles. The van der Waals surface area contributed by atoms with Crippen LogP contribution in [0.4, 0.5) is 0 Å². The molecule has 0 aliphatic heterocycles. The van der Waals surface area contributed by atoms with Crippen LogP contribution in [0.1, 0.15) is 44.7 Å². The molecule has 1 fully saturated rings. The topological polar surface area (TPSA) is 21.3 Å². The molecule has 0 bridgehead atoms. The highest BCUT2D eigenvalue weighted by atomic mass is 35.5. The van der Waals surface area contributed by atoms with Crippen molar-refractivity contribution in [2.24, 2.45) is 11.3 Å². The third kappa shape index (κ3) is 2.90. The standard InChI is InChI=1S/C16H24ClNO/c1-16(2)9-5-6-12(16)15(18-3)11-7-8-13(17)14(10-11)19-4/h7-8,10,12,15,18H,5-6,9H2,1-4H3. The zero-order chi connectivity index (χ0) is 14.0. The molecule has 1 aliphatic carbocycles. The number of benzene rings is 1. The lowest BCUT2D eigenvalue weighted by Gasteiger charge is -2.34. The van der Waals surface area contributed by atoms with Gasteiger partial charge >= 0.3 is 0 Å². The fourth-order valence-corrected chi connectivity index (χ4v) is 3.64. The van der Waals surface area contributed by atoms with Crippen molar-refractivity contribution in [3.63, 3.8) is 0 Å². The Labute approximate surface area is 121 Å². The molecule has 2 nitrogen and oxygen atoms in total.